The summed E-state index contributed by atoms with van der Waals surface area (Å²) in [6, 6.07) is 11.4. The van der Waals surface area contributed by atoms with Crippen molar-refractivity contribution in [3.8, 4) is 11.5 Å². The molecule has 0 unspecified atom stereocenters. The van der Waals surface area contributed by atoms with Gasteiger partial charge in [0.1, 0.15) is 12.6 Å². The summed E-state index contributed by atoms with van der Waals surface area (Å²) in [5.41, 5.74) is 2.08. The number of amides is 2. The third-order valence-corrected chi connectivity index (χ3v) is 6.93. The van der Waals surface area contributed by atoms with Crippen molar-refractivity contribution in [2.24, 2.45) is 5.92 Å². The largest absolute Gasteiger partial charge is 0.493 e. The summed E-state index contributed by atoms with van der Waals surface area (Å²) in [6.07, 6.45) is 1.03. The van der Waals surface area contributed by atoms with Crippen LogP contribution in [-0.4, -0.2) is 64.7 Å². The Balaban J connectivity index is 2.43. The molecule has 0 spiro atoms. The highest BCUT2D eigenvalue weighted by Crippen LogP contribution is 2.32. The van der Waals surface area contributed by atoms with E-state index in [2.05, 4.69) is 5.32 Å². The number of carbonyl (C=O) groups is 2. The van der Waals surface area contributed by atoms with E-state index in [1.54, 1.807) is 19.1 Å². The van der Waals surface area contributed by atoms with Gasteiger partial charge in [0.2, 0.25) is 21.8 Å². The molecule has 36 heavy (non-hydrogen) atoms. The van der Waals surface area contributed by atoms with Crippen LogP contribution in [0.3, 0.4) is 0 Å². The van der Waals surface area contributed by atoms with E-state index in [9.17, 15) is 18.0 Å². The smallest absolute Gasteiger partial charge is 0.244 e. The predicted octanol–water partition coefficient (Wildman–Crippen LogP) is 2.97. The number of rotatable bonds is 12. The van der Waals surface area contributed by atoms with E-state index in [1.807, 2.05) is 45.0 Å². The van der Waals surface area contributed by atoms with Gasteiger partial charge in [-0.3, -0.25) is 13.9 Å². The van der Waals surface area contributed by atoms with Crippen LogP contribution < -0.4 is 19.1 Å². The number of nitrogens with zero attached hydrogens (tertiary/aromatic N) is 2. The van der Waals surface area contributed by atoms with E-state index in [0.717, 1.165) is 21.7 Å². The standard InChI is InChI=1S/C26H37N3O6S/c1-18(2)15-27-26(31)20(4)28(16-21-11-9-8-10-19(21)3)25(30)17-29(36(7,32)33)22-12-13-23(34-5)24(14-22)35-6/h8-14,18,20H,15-17H2,1-7H3,(H,27,31)/t20-/m1/s1. The topological polar surface area (TPSA) is 105 Å². The van der Waals surface area contributed by atoms with Crippen LogP contribution in [0.2, 0.25) is 0 Å². The predicted molar refractivity (Wildman–Crippen MR) is 141 cm³/mol. The lowest BCUT2D eigenvalue weighted by atomic mass is 10.1. The molecule has 2 aromatic carbocycles. The number of sulfonamides is 1. The van der Waals surface area contributed by atoms with Gasteiger partial charge < -0.3 is 19.7 Å². The van der Waals surface area contributed by atoms with Crippen molar-refractivity contribution in [3.63, 3.8) is 0 Å². The molecular weight excluding hydrogens is 482 g/mol. The van der Waals surface area contributed by atoms with Crippen molar-refractivity contribution in [2.45, 2.75) is 40.3 Å². The number of methoxy groups -OCH3 is 2. The maximum Gasteiger partial charge on any atom is 0.244 e. The molecule has 198 valence electrons. The van der Waals surface area contributed by atoms with Crippen molar-refractivity contribution in [1.29, 1.82) is 0 Å². The Kier molecular flexibility index (Phi) is 10.2. The molecule has 1 N–H and O–H groups in total. The molecule has 0 aliphatic heterocycles. The number of carbonyl (C=O) groups excluding carboxylic acids is 2. The fourth-order valence-corrected chi connectivity index (χ4v) is 4.44. The fourth-order valence-electron chi connectivity index (χ4n) is 3.60. The molecule has 0 saturated heterocycles. The normalized spacial score (nSPS) is 12.1. The Morgan fingerprint density at radius 3 is 2.19 bits per heavy atom. The molecule has 0 saturated carbocycles. The van der Waals surface area contributed by atoms with E-state index in [-0.39, 0.29) is 24.1 Å². The summed E-state index contributed by atoms with van der Waals surface area (Å²) in [5.74, 6) is 0.188. The second-order valence-corrected chi connectivity index (χ2v) is 11.0. The van der Waals surface area contributed by atoms with E-state index >= 15 is 0 Å². The summed E-state index contributed by atoms with van der Waals surface area (Å²) in [4.78, 5) is 28.0. The maximum atomic E-state index is 13.6. The Labute approximate surface area is 214 Å². The van der Waals surface area contributed by atoms with Crippen molar-refractivity contribution >= 4 is 27.5 Å². The number of aryl methyl sites for hydroxylation is 1. The minimum atomic E-state index is -3.85. The maximum absolute atomic E-state index is 13.6. The zero-order chi connectivity index (χ0) is 27.0. The molecule has 1 atom stereocenters. The molecular formula is C26H37N3O6S. The minimum Gasteiger partial charge on any atom is -0.493 e. The van der Waals surface area contributed by atoms with E-state index in [1.165, 1.54) is 25.2 Å². The molecule has 10 heteroatoms. The second kappa shape index (κ2) is 12.6. The summed E-state index contributed by atoms with van der Waals surface area (Å²) in [6.45, 7) is 7.67. The van der Waals surface area contributed by atoms with Crippen LogP contribution >= 0.6 is 0 Å². The highest BCUT2D eigenvalue weighted by Gasteiger charge is 2.30. The quantitative estimate of drug-likeness (QED) is 0.462. The SMILES string of the molecule is COc1ccc(N(CC(=O)N(Cc2ccccc2C)[C@H](C)C(=O)NCC(C)C)S(C)(=O)=O)cc1OC. The third-order valence-electron chi connectivity index (χ3n) is 5.79. The Bertz CT molecular complexity index is 1170. The zero-order valence-corrected chi connectivity index (χ0v) is 22.9. The van der Waals surface area contributed by atoms with Crippen molar-refractivity contribution in [1.82, 2.24) is 10.2 Å². The first-order chi connectivity index (χ1) is 16.9. The minimum absolute atomic E-state index is 0.158. The van der Waals surface area contributed by atoms with Crippen LogP contribution in [0.1, 0.15) is 31.9 Å². The van der Waals surface area contributed by atoms with Gasteiger partial charge in [-0.2, -0.15) is 0 Å². The van der Waals surface area contributed by atoms with Gasteiger partial charge in [-0.15, -0.1) is 0 Å². The van der Waals surface area contributed by atoms with E-state index < -0.39 is 28.5 Å². The zero-order valence-electron chi connectivity index (χ0n) is 22.1. The molecule has 9 nitrogen and oxygen atoms in total. The number of ether oxygens (including phenoxy) is 2. The lowest BCUT2D eigenvalue weighted by molar-refractivity contribution is -0.139. The summed E-state index contributed by atoms with van der Waals surface area (Å²) < 4.78 is 37.0. The van der Waals surface area contributed by atoms with Gasteiger partial charge >= 0.3 is 0 Å². The lowest BCUT2D eigenvalue weighted by Crippen LogP contribution is -2.51. The Morgan fingerprint density at radius 2 is 1.64 bits per heavy atom. The van der Waals surface area contributed by atoms with Crippen molar-refractivity contribution in [3.05, 3.63) is 53.6 Å². The lowest BCUT2D eigenvalue weighted by Gasteiger charge is -2.32. The Hall–Kier alpha value is -3.27. The first-order valence-corrected chi connectivity index (χ1v) is 13.5. The molecule has 0 radical (unpaired) electrons. The number of hydrogen-bond acceptors (Lipinski definition) is 6. The number of anilines is 1. The van der Waals surface area contributed by atoms with Gasteiger partial charge in [-0.05, 0) is 43.0 Å². The monoisotopic (exact) mass is 519 g/mol. The molecule has 0 aliphatic carbocycles. The molecule has 0 aliphatic rings. The van der Waals surface area contributed by atoms with Crippen LogP contribution in [0.5, 0.6) is 11.5 Å². The van der Waals surface area contributed by atoms with Crippen LogP contribution in [-0.2, 0) is 26.2 Å². The third kappa shape index (κ3) is 7.61. The van der Waals surface area contributed by atoms with E-state index in [4.69, 9.17) is 9.47 Å². The number of hydrogen-bond donors (Lipinski definition) is 1. The number of nitrogens with one attached hydrogen (secondary N) is 1. The van der Waals surface area contributed by atoms with Crippen LogP contribution in [0, 0.1) is 12.8 Å². The van der Waals surface area contributed by atoms with Gasteiger partial charge in [0, 0.05) is 19.2 Å². The van der Waals surface area contributed by atoms with Gasteiger partial charge in [0.15, 0.2) is 11.5 Å². The average molecular weight is 520 g/mol. The number of benzene rings is 2. The van der Waals surface area contributed by atoms with Crippen molar-refractivity contribution < 1.29 is 27.5 Å². The highest BCUT2D eigenvalue weighted by molar-refractivity contribution is 7.92. The molecule has 2 aromatic rings. The van der Waals surface area contributed by atoms with Gasteiger partial charge in [-0.1, -0.05) is 38.1 Å². The molecule has 2 rings (SSSR count). The molecule has 0 bridgehead atoms. The molecule has 0 heterocycles. The molecule has 0 aromatic heterocycles. The second-order valence-electron chi connectivity index (χ2n) is 9.07. The van der Waals surface area contributed by atoms with Crippen LogP contribution in [0.15, 0.2) is 42.5 Å². The molecule has 2 amide bonds. The highest BCUT2D eigenvalue weighted by atomic mass is 32.2. The summed E-state index contributed by atoms with van der Waals surface area (Å²) in [7, 11) is -0.930. The van der Waals surface area contributed by atoms with E-state index in [0.29, 0.717) is 18.0 Å². The first-order valence-electron chi connectivity index (χ1n) is 11.7. The average Bonchev–Trinajstić information content (AvgIpc) is 2.83. The summed E-state index contributed by atoms with van der Waals surface area (Å²) in [5, 5.41) is 2.87. The molecule has 0 fully saturated rings. The van der Waals surface area contributed by atoms with Gasteiger partial charge in [0.25, 0.3) is 0 Å². The van der Waals surface area contributed by atoms with Crippen molar-refractivity contribution in [2.75, 3.05) is 37.9 Å². The van der Waals surface area contributed by atoms with Gasteiger partial charge in [-0.25, -0.2) is 8.42 Å². The van der Waals surface area contributed by atoms with Crippen LogP contribution in [0.4, 0.5) is 5.69 Å². The van der Waals surface area contributed by atoms with Gasteiger partial charge in [0.05, 0.1) is 26.2 Å². The fraction of sp³-hybridized carbons (Fsp3) is 0.462. The Morgan fingerprint density at radius 1 is 1.00 bits per heavy atom. The summed E-state index contributed by atoms with van der Waals surface area (Å²) >= 11 is 0. The first kappa shape index (κ1) is 29.0. The van der Waals surface area contributed by atoms with Crippen LogP contribution in [0.25, 0.3) is 0 Å².